The van der Waals surface area contributed by atoms with Gasteiger partial charge in [0.05, 0.1) is 11.4 Å². The summed E-state index contributed by atoms with van der Waals surface area (Å²) in [5.74, 6) is -0.964. The van der Waals surface area contributed by atoms with E-state index in [0.717, 1.165) is 30.8 Å². The van der Waals surface area contributed by atoms with Crippen LogP contribution in [0.2, 0.25) is 0 Å². The Morgan fingerprint density at radius 1 is 1.54 bits per heavy atom. The summed E-state index contributed by atoms with van der Waals surface area (Å²) in [5.41, 5.74) is 1.96. The molecular weight excluding hydrogens is 168 g/mol. The summed E-state index contributed by atoms with van der Waals surface area (Å²) in [6, 6.07) is 3.31. The molecule has 1 aromatic heterocycles. The number of hydrogen-bond acceptors (Lipinski definition) is 3. The van der Waals surface area contributed by atoms with E-state index in [0.29, 0.717) is 0 Å². The molecule has 0 aromatic carbocycles. The number of carboxylic acid groups (broad SMARTS) is 1. The predicted octanol–water partition coefficient (Wildman–Crippen LogP) is 1.14. The first-order chi connectivity index (χ1) is 6.27. The predicted molar refractivity (Wildman–Crippen MR) is 48.0 cm³/mol. The summed E-state index contributed by atoms with van der Waals surface area (Å²) >= 11 is 0. The molecule has 0 fully saturated rings. The van der Waals surface area contributed by atoms with Crippen LogP contribution in [0, 0.1) is 0 Å². The van der Waals surface area contributed by atoms with E-state index in [1.807, 2.05) is 0 Å². The Hall–Kier alpha value is -1.58. The van der Waals surface area contributed by atoms with Crippen LogP contribution < -0.4 is 5.32 Å². The molecule has 0 amide bonds. The largest absolute Gasteiger partial charge is 0.477 e. The third kappa shape index (κ3) is 1.47. The second-order valence-corrected chi connectivity index (χ2v) is 3.03. The number of nitrogens with zero attached hydrogens (tertiary/aromatic N) is 1. The Morgan fingerprint density at radius 2 is 2.38 bits per heavy atom. The van der Waals surface area contributed by atoms with Gasteiger partial charge in [0, 0.05) is 6.54 Å². The number of nitrogens with one attached hydrogen (secondary N) is 1. The van der Waals surface area contributed by atoms with Crippen molar-refractivity contribution >= 4 is 11.7 Å². The van der Waals surface area contributed by atoms with Crippen LogP contribution in [0.15, 0.2) is 12.1 Å². The summed E-state index contributed by atoms with van der Waals surface area (Å²) in [5, 5.41) is 11.9. The summed E-state index contributed by atoms with van der Waals surface area (Å²) < 4.78 is 0. The molecular formula is C9H10N2O2. The molecule has 2 rings (SSSR count). The van der Waals surface area contributed by atoms with E-state index >= 15 is 0 Å². The van der Waals surface area contributed by atoms with Crippen molar-refractivity contribution in [1.82, 2.24) is 4.98 Å². The summed E-state index contributed by atoms with van der Waals surface area (Å²) in [7, 11) is 0. The van der Waals surface area contributed by atoms with E-state index in [-0.39, 0.29) is 5.69 Å². The molecule has 0 unspecified atom stereocenters. The first-order valence-electron chi connectivity index (χ1n) is 4.24. The lowest BCUT2D eigenvalue weighted by Gasteiger charge is -2.16. The second kappa shape index (κ2) is 3.05. The zero-order valence-corrected chi connectivity index (χ0v) is 7.08. The lowest BCUT2D eigenvalue weighted by Crippen LogP contribution is -2.14. The van der Waals surface area contributed by atoms with Gasteiger partial charge in [-0.15, -0.1) is 0 Å². The van der Waals surface area contributed by atoms with E-state index in [9.17, 15) is 4.79 Å². The van der Waals surface area contributed by atoms with Crippen LogP contribution in [0.3, 0.4) is 0 Å². The van der Waals surface area contributed by atoms with Gasteiger partial charge >= 0.3 is 5.97 Å². The molecule has 1 aromatic rings. The van der Waals surface area contributed by atoms with E-state index < -0.39 is 5.97 Å². The average Bonchev–Trinajstić information content (AvgIpc) is 2.17. The maximum atomic E-state index is 10.6. The number of aromatic carboxylic acids is 1. The lowest BCUT2D eigenvalue weighted by molar-refractivity contribution is 0.0690. The van der Waals surface area contributed by atoms with Crippen LogP contribution in [0.1, 0.15) is 22.6 Å². The minimum atomic E-state index is -0.964. The summed E-state index contributed by atoms with van der Waals surface area (Å²) in [4.78, 5) is 14.7. The third-order valence-electron chi connectivity index (χ3n) is 2.10. The van der Waals surface area contributed by atoms with Gasteiger partial charge in [0.15, 0.2) is 0 Å². The number of pyridine rings is 1. The van der Waals surface area contributed by atoms with Crippen LogP contribution in [-0.2, 0) is 6.42 Å². The molecule has 0 spiro atoms. The second-order valence-electron chi connectivity index (χ2n) is 3.03. The number of carboxylic acids is 1. The van der Waals surface area contributed by atoms with Crippen molar-refractivity contribution in [1.29, 1.82) is 0 Å². The van der Waals surface area contributed by atoms with Crippen LogP contribution in [0.4, 0.5) is 5.69 Å². The highest BCUT2D eigenvalue weighted by Crippen LogP contribution is 2.19. The quantitative estimate of drug-likeness (QED) is 0.676. The maximum absolute atomic E-state index is 10.6. The Morgan fingerprint density at radius 3 is 3.15 bits per heavy atom. The fourth-order valence-electron chi connectivity index (χ4n) is 1.45. The van der Waals surface area contributed by atoms with Crippen molar-refractivity contribution in [3.8, 4) is 0 Å². The number of fused-ring (bicyclic) bond motifs is 1. The summed E-state index contributed by atoms with van der Waals surface area (Å²) in [6.07, 6.45) is 1.88. The Bertz CT molecular complexity index is 349. The van der Waals surface area contributed by atoms with Gasteiger partial charge in [0.25, 0.3) is 0 Å². The fourth-order valence-corrected chi connectivity index (χ4v) is 1.45. The molecule has 0 aliphatic carbocycles. The third-order valence-corrected chi connectivity index (χ3v) is 2.10. The molecule has 1 aliphatic rings. The molecule has 0 atom stereocenters. The number of rotatable bonds is 1. The van der Waals surface area contributed by atoms with Crippen molar-refractivity contribution in [2.75, 3.05) is 11.9 Å². The minimum absolute atomic E-state index is 0.127. The van der Waals surface area contributed by atoms with Gasteiger partial charge < -0.3 is 10.4 Å². The van der Waals surface area contributed by atoms with Crippen molar-refractivity contribution in [3.05, 3.63) is 23.5 Å². The molecule has 4 heteroatoms. The normalized spacial score (nSPS) is 14.5. The highest BCUT2D eigenvalue weighted by molar-refractivity contribution is 5.85. The van der Waals surface area contributed by atoms with E-state index in [4.69, 9.17) is 5.11 Å². The minimum Gasteiger partial charge on any atom is -0.477 e. The molecule has 4 nitrogen and oxygen atoms in total. The number of hydrogen-bond donors (Lipinski definition) is 2. The number of anilines is 1. The van der Waals surface area contributed by atoms with Crippen LogP contribution in [0.5, 0.6) is 0 Å². The highest BCUT2D eigenvalue weighted by atomic mass is 16.4. The molecule has 13 heavy (non-hydrogen) atoms. The molecule has 1 aliphatic heterocycles. The topological polar surface area (TPSA) is 62.2 Å². The molecule has 0 bridgehead atoms. The molecule has 0 saturated heterocycles. The maximum Gasteiger partial charge on any atom is 0.354 e. The number of aromatic nitrogens is 1. The highest BCUT2D eigenvalue weighted by Gasteiger charge is 2.12. The molecule has 0 saturated carbocycles. The molecule has 68 valence electrons. The van der Waals surface area contributed by atoms with Gasteiger partial charge in [0.2, 0.25) is 0 Å². The SMILES string of the molecule is O=C(O)c1ccc2c(n1)CCCN2. The zero-order chi connectivity index (χ0) is 9.26. The average molecular weight is 178 g/mol. The lowest BCUT2D eigenvalue weighted by atomic mass is 10.1. The monoisotopic (exact) mass is 178 g/mol. The Balaban J connectivity index is 2.40. The van der Waals surface area contributed by atoms with Gasteiger partial charge in [-0.05, 0) is 25.0 Å². The van der Waals surface area contributed by atoms with Gasteiger partial charge in [0.1, 0.15) is 5.69 Å². The number of aryl methyl sites for hydroxylation is 1. The Kier molecular flexibility index (Phi) is 1.88. The first kappa shape index (κ1) is 8.04. The standard InChI is InChI=1S/C9H10N2O2/c12-9(13)8-4-3-6-7(11-8)2-1-5-10-6/h3-4,10H,1-2,5H2,(H,12,13). The van der Waals surface area contributed by atoms with Gasteiger partial charge in [-0.1, -0.05) is 0 Å². The Labute approximate surface area is 75.6 Å². The van der Waals surface area contributed by atoms with E-state index in [2.05, 4.69) is 10.3 Å². The first-order valence-corrected chi connectivity index (χ1v) is 4.24. The zero-order valence-electron chi connectivity index (χ0n) is 7.08. The molecule has 2 heterocycles. The van der Waals surface area contributed by atoms with E-state index in [1.165, 1.54) is 6.07 Å². The van der Waals surface area contributed by atoms with Crippen LogP contribution in [-0.4, -0.2) is 22.6 Å². The van der Waals surface area contributed by atoms with Crippen molar-refractivity contribution in [3.63, 3.8) is 0 Å². The van der Waals surface area contributed by atoms with Gasteiger partial charge in [-0.2, -0.15) is 0 Å². The number of carbonyl (C=O) groups is 1. The van der Waals surface area contributed by atoms with Crippen molar-refractivity contribution in [2.24, 2.45) is 0 Å². The van der Waals surface area contributed by atoms with Crippen molar-refractivity contribution < 1.29 is 9.90 Å². The van der Waals surface area contributed by atoms with Crippen molar-refractivity contribution in [2.45, 2.75) is 12.8 Å². The van der Waals surface area contributed by atoms with Gasteiger partial charge in [-0.25, -0.2) is 9.78 Å². The summed E-state index contributed by atoms with van der Waals surface area (Å²) in [6.45, 7) is 0.946. The van der Waals surface area contributed by atoms with E-state index in [1.54, 1.807) is 6.07 Å². The molecule has 2 N–H and O–H groups in total. The molecule has 0 radical (unpaired) electrons. The van der Waals surface area contributed by atoms with Crippen LogP contribution in [0.25, 0.3) is 0 Å². The fraction of sp³-hybridized carbons (Fsp3) is 0.333. The van der Waals surface area contributed by atoms with Crippen LogP contribution >= 0.6 is 0 Å². The smallest absolute Gasteiger partial charge is 0.354 e. The van der Waals surface area contributed by atoms with Gasteiger partial charge in [-0.3, -0.25) is 0 Å².